The third kappa shape index (κ3) is 4.07. The zero-order valence-electron chi connectivity index (χ0n) is 13.6. The SMILES string of the molecule is CC1CCN(C(=O)CN(C)S(=O)(=O)c2cccnc2)C(CN)C1. The Morgan fingerprint density at radius 1 is 1.52 bits per heavy atom. The molecular weight excluding hydrogens is 316 g/mol. The minimum atomic E-state index is -3.72. The summed E-state index contributed by atoms with van der Waals surface area (Å²) in [5.74, 6) is 0.326. The number of piperidine rings is 1. The summed E-state index contributed by atoms with van der Waals surface area (Å²) in [5.41, 5.74) is 5.77. The Balaban J connectivity index is 2.07. The molecule has 2 N–H and O–H groups in total. The Morgan fingerprint density at radius 2 is 2.26 bits per heavy atom. The van der Waals surface area contributed by atoms with Crippen molar-refractivity contribution in [2.24, 2.45) is 11.7 Å². The van der Waals surface area contributed by atoms with Gasteiger partial charge in [-0.1, -0.05) is 6.92 Å². The van der Waals surface area contributed by atoms with E-state index in [-0.39, 0.29) is 23.4 Å². The van der Waals surface area contributed by atoms with E-state index in [0.29, 0.717) is 19.0 Å². The van der Waals surface area contributed by atoms with Crippen LogP contribution in [0.4, 0.5) is 0 Å². The monoisotopic (exact) mass is 340 g/mol. The second-order valence-electron chi connectivity index (χ2n) is 6.06. The van der Waals surface area contributed by atoms with Gasteiger partial charge in [0.05, 0.1) is 6.54 Å². The fraction of sp³-hybridized carbons (Fsp3) is 0.600. The van der Waals surface area contributed by atoms with Crippen LogP contribution in [0.5, 0.6) is 0 Å². The van der Waals surface area contributed by atoms with Crippen molar-refractivity contribution in [1.29, 1.82) is 0 Å². The van der Waals surface area contributed by atoms with Gasteiger partial charge < -0.3 is 10.6 Å². The van der Waals surface area contributed by atoms with E-state index in [0.717, 1.165) is 17.1 Å². The molecule has 1 fully saturated rings. The molecule has 1 aromatic rings. The first kappa shape index (κ1) is 17.8. The molecule has 0 aliphatic carbocycles. The molecule has 2 atom stereocenters. The third-order valence-electron chi connectivity index (χ3n) is 4.27. The molecule has 0 saturated carbocycles. The molecular formula is C15H24N4O3S. The van der Waals surface area contributed by atoms with E-state index in [1.165, 1.54) is 25.5 Å². The number of carbonyl (C=O) groups excluding carboxylic acids is 1. The van der Waals surface area contributed by atoms with Crippen molar-refractivity contribution in [3.63, 3.8) is 0 Å². The van der Waals surface area contributed by atoms with Crippen molar-refractivity contribution in [1.82, 2.24) is 14.2 Å². The van der Waals surface area contributed by atoms with E-state index in [4.69, 9.17) is 5.73 Å². The maximum atomic E-state index is 12.5. The molecule has 0 bridgehead atoms. The van der Waals surface area contributed by atoms with Crippen molar-refractivity contribution >= 4 is 15.9 Å². The van der Waals surface area contributed by atoms with Gasteiger partial charge in [0.15, 0.2) is 0 Å². The zero-order valence-corrected chi connectivity index (χ0v) is 14.4. The van der Waals surface area contributed by atoms with E-state index in [1.807, 2.05) is 0 Å². The van der Waals surface area contributed by atoms with Crippen LogP contribution >= 0.6 is 0 Å². The van der Waals surface area contributed by atoms with Crippen LogP contribution in [0.1, 0.15) is 19.8 Å². The molecule has 1 saturated heterocycles. The van der Waals surface area contributed by atoms with Crippen LogP contribution in [0.25, 0.3) is 0 Å². The van der Waals surface area contributed by atoms with Gasteiger partial charge in [-0.3, -0.25) is 9.78 Å². The molecule has 2 rings (SSSR count). The highest BCUT2D eigenvalue weighted by molar-refractivity contribution is 7.89. The highest BCUT2D eigenvalue weighted by atomic mass is 32.2. The molecule has 0 spiro atoms. The molecule has 23 heavy (non-hydrogen) atoms. The summed E-state index contributed by atoms with van der Waals surface area (Å²) in [6, 6.07) is 3.01. The molecule has 128 valence electrons. The van der Waals surface area contributed by atoms with Gasteiger partial charge in [-0.15, -0.1) is 0 Å². The Labute approximate surface area is 137 Å². The quantitative estimate of drug-likeness (QED) is 0.831. The number of hydrogen-bond acceptors (Lipinski definition) is 5. The van der Waals surface area contributed by atoms with Gasteiger partial charge >= 0.3 is 0 Å². The molecule has 7 nitrogen and oxygen atoms in total. The third-order valence-corrected chi connectivity index (χ3v) is 6.06. The number of nitrogens with zero attached hydrogens (tertiary/aromatic N) is 3. The number of aromatic nitrogens is 1. The van der Waals surface area contributed by atoms with E-state index >= 15 is 0 Å². The minimum Gasteiger partial charge on any atom is -0.337 e. The van der Waals surface area contributed by atoms with E-state index in [9.17, 15) is 13.2 Å². The highest BCUT2D eigenvalue weighted by Gasteiger charge is 2.31. The molecule has 0 aromatic carbocycles. The van der Waals surface area contributed by atoms with Gasteiger partial charge in [0.1, 0.15) is 4.90 Å². The van der Waals surface area contributed by atoms with Crippen LogP contribution < -0.4 is 5.73 Å². The second-order valence-corrected chi connectivity index (χ2v) is 8.10. The smallest absolute Gasteiger partial charge is 0.244 e. The topological polar surface area (TPSA) is 96.6 Å². The normalized spacial score (nSPS) is 22.3. The molecule has 1 aliphatic rings. The maximum Gasteiger partial charge on any atom is 0.244 e. The van der Waals surface area contributed by atoms with Crippen LogP contribution in [0.2, 0.25) is 0 Å². The zero-order chi connectivity index (χ0) is 17.0. The molecule has 2 heterocycles. The number of nitrogens with two attached hydrogens (primary N) is 1. The van der Waals surface area contributed by atoms with Gasteiger partial charge in [-0.25, -0.2) is 8.42 Å². The Hall–Kier alpha value is -1.51. The molecule has 1 aromatic heterocycles. The fourth-order valence-electron chi connectivity index (χ4n) is 2.85. The number of rotatable bonds is 5. The molecule has 1 aliphatic heterocycles. The lowest BCUT2D eigenvalue weighted by atomic mass is 9.92. The van der Waals surface area contributed by atoms with Crippen molar-refractivity contribution in [3.05, 3.63) is 24.5 Å². The Kier molecular flexibility index (Phi) is 5.72. The number of hydrogen-bond donors (Lipinski definition) is 1. The van der Waals surface area contributed by atoms with Crippen LogP contribution in [0, 0.1) is 5.92 Å². The van der Waals surface area contributed by atoms with Crippen molar-refractivity contribution in [2.45, 2.75) is 30.7 Å². The first-order valence-electron chi connectivity index (χ1n) is 7.72. The van der Waals surface area contributed by atoms with E-state index in [1.54, 1.807) is 11.0 Å². The number of amides is 1. The second kappa shape index (κ2) is 7.37. The van der Waals surface area contributed by atoms with Gasteiger partial charge in [0, 0.05) is 38.6 Å². The molecule has 8 heteroatoms. The van der Waals surface area contributed by atoms with Gasteiger partial charge in [0.2, 0.25) is 15.9 Å². The predicted octanol–water partition coefficient (Wildman–Crippen LogP) is 0.288. The highest BCUT2D eigenvalue weighted by Crippen LogP contribution is 2.22. The average molecular weight is 340 g/mol. The summed E-state index contributed by atoms with van der Waals surface area (Å²) in [7, 11) is -2.31. The summed E-state index contributed by atoms with van der Waals surface area (Å²) >= 11 is 0. The largest absolute Gasteiger partial charge is 0.337 e. The van der Waals surface area contributed by atoms with Crippen molar-refractivity contribution < 1.29 is 13.2 Å². The van der Waals surface area contributed by atoms with Crippen LogP contribution in [0.3, 0.4) is 0 Å². The van der Waals surface area contributed by atoms with Crippen LogP contribution in [0.15, 0.2) is 29.4 Å². The molecule has 2 unspecified atom stereocenters. The predicted molar refractivity (Wildman–Crippen MR) is 87.0 cm³/mol. The van der Waals surface area contributed by atoms with Crippen molar-refractivity contribution in [3.8, 4) is 0 Å². The Morgan fingerprint density at radius 3 is 2.87 bits per heavy atom. The molecule has 1 amide bonds. The van der Waals surface area contributed by atoms with Gasteiger partial charge in [-0.2, -0.15) is 4.31 Å². The first-order chi connectivity index (χ1) is 10.9. The van der Waals surface area contributed by atoms with E-state index in [2.05, 4.69) is 11.9 Å². The van der Waals surface area contributed by atoms with E-state index < -0.39 is 10.0 Å². The Bertz CT molecular complexity index is 635. The lowest BCUT2D eigenvalue weighted by molar-refractivity contribution is -0.135. The van der Waals surface area contributed by atoms with Crippen LogP contribution in [-0.4, -0.2) is 61.2 Å². The number of likely N-dealkylation sites (N-methyl/N-ethyl adjacent to an activating group) is 1. The number of likely N-dealkylation sites (tertiary alicyclic amines) is 1. The average Bonchev–Trinajstić information content (AvgIpc) is 2.55. The van der Waals surface area contributed by atoms with Gasteiger partial charge in [0.25, 0.3) is 0 Å². The maximum absolute atomic E-state index is 12.5. The standard InChI is InChI=1S/C15H24N4O3S/c1-12-5-7-19(13(8-12)9-16)15(20)11-18(2)23(21,22)14-4-3-6-17-10-14/h3-4,6,10,12-13H,5,7-9,11,16H2,1-2H3. The summed E-state index contributed by atoms with van der Waals surface area (Å²) in [5, 5.41) is 0. The van der Waals surface area contributed by atoms with Crippen molar-refractivity contribution in [2.75, 3.05) is 26.7 Å². The van der Waals surface area contributed by atoms with Crippen LogP contribution in [-0.2, 0) is 14.8 Å². The number of carbonyl (C=O) groups is 1. The summed E-state index contributed by atoms with van der Waals surface area (Å²) in [6.07, 6.45) is 4.56. The first-order valence-corrected chi connectivity index (χ1v) is 9.16. The number of sulfonamides is 1. The summed E-state index contributed by atoms with van der Waals surface area (Å²) in [6.45, 7) is 2.98. The fourth-order valence-corrected chi connectivity index (χ4v) is 3.93. The lowest BCUT2D eigenvalue weighted by Gasteiger charge is -2.38. The number of pyridine rings is 1. The molecule has 0 radical (unpaired) electrons. The minimum absolute atomic E-state index is 0.0132. The summed E-state index contributed by atoms with van der Waals surface area (Å²) in [4.78, 5) is 18.1. The lowest BCUT2D eigenvalue weighted by Crippen LogP contribution is -2.52. The summed E-state index contributed by atoms with van der Waals surface area (Å²) < 4.78 is 26.0. The van der Waals surface area contributed by atoms with Gasteiger partial charge in [-0.05, 0) is 30.9 Å².